The lowest BCUT2D eigenvalue weighted by Crippen LogP contribution is -2.72. The van der Waals surface area contributed by atoms with Gasteiger partial charge in [0.25, 0.3) is 0 Å². The summed E-state index contributed by atoms with van der Waals surface area (Å²) >= 11 is 0. The first-order valence-corrected chi connectivity index (χ1v) is 12.4. The number of nitrogens with one attached hydrogen (secondary N) is 1. The molecule has 0 bridgehead atoms. The molecule has 1 aromatic rings. The van der Waals surface area contributed by atoms with Crippen molar-refractivity contribution in [3.8, 4) is 0 Å². The predicted molar refractivity (Wildman–Crippen MR) is 113 cm³/mol. The zero-order chi connectivity index (χ0) is 23.5. The van der Waals surface area contributed by atoms with Gasteiger partial charge in [0, 0.05) is 49.0 Å². The van der Waals surface area contributed by atoms with Gasteiger partial charge in [-0.05, 0) is 51.4 Å². The van der Waals surface area contributed by atoms with Crippen molar-refractivity contribution in [1.29, 1.82) is 0 Å². The van der Waals surface area contributed by atoms with E-state index in [2.05, 4.69) is 15.4 Å². The molecule has 184 valence electrons. The molecule has 6 aliphatic rings. The van der Waals surface area contributed by atoms with Crippen LogP contribution >= 0.6 is 0 Å². The van der Waals surface area contributed by atoms with E-state index in [1.54, 1.807) is 0 Å². The third kappa shape index (κ3) is 3.03. The van der Waals surface area contributed by atoms with Gasteiger partial charge in [-0.2, -0.15) is 18.3 Å². The minimum atomic E-state index is -4.47. The van der Waals surface area contributed by atoms with Gasteiger partial charge < -0.3 is 15.1 Å². The van der Waals surface area contributed by atoms with Crippen LogP contribution in [0.2, 0.25) is 0 Å². The third-order valence-electron chi connectivity index (χ3n) is 9.25. The smallest absolute Gasteiger partial charge is 0.353 e. The highest BCUT2D eigenvalue weighted by molar-refractivity contribution is 5.86. The quantitative estimate of drug-likeness (QED) is 0.722. The van der Waals surface area contributed by atoms with Crippen molar-refractivity contribution in [2.45, 2.75) is 75.5 Å². The van der Waals surface area contributed by atoms with Crippen LogP contribution in [0, 0.1) is 16.2 Å². The monoisotopic (exact) mass is 478 g/mol. The van der Waals surface area contributed by atoms with E-state index in [-0.39, 0.29) is 35.7 Å². The largest absolute Gasteiger partial charge is 0.403 e. The second-order valence-corrected chi connectivity index (χ2v) is 12.1. The van der Waals surface area contributed by atoms with Crippen molar-refractivity contribution in [2.24, 2.45) is 16.2 Å². The van der Waals surface area contributed by atoms with E-state index >= 15 is 0 Å². The van der Waals surface area contributed by atoms with Gasteiger partial charge in [-0.25, -0.2) is 14.5 Å². The molecule has 11 heteroatoms. The molecule has 4 saturated carbocycles. The van der Waals surface area contributed by atoms with Crippen LogP contribution < -0.4 is 5.32 Å². The fraction of sp³-hybridized carbons (Fsp3) is 0.826. The van der Waals surface area contributed by atoms with Crippen LogP contribution in [0.3, 0.4) is 0 Å². The lowest BCUT2D eigenvalue weighted by atomic mass is 9.59. The Kier molecular flexibility index (Phi) is 3.99. The van der Waals surface area contributed by atoms with E-state index in [0.29, 0.717) is 37.9 Å². The van der Waals surface area contributed by atoms with Crippen LogP contribution in [0.15, 0.2) is 6.33 Å². The van der Waals surface area contributed by atoms with E-state index < -0.39 is 17.5 Å². The Balaban J connectivity index is 0.842. The molecule has 0 unspecified atom stereocenters. The maximum absolute atomic E-state index is 13.1. The summed E-state index contributed by atoms with van der Waals surface area (Å²) in [6.45, 7) is 2.84. The number of halogens is 3. The molecule has 2 saturated heterocycles. The first-order chi connectivity index (χ1) is 16.1. The summed E-state index contributed by atoms with van der Waals surface area (Å²) < 4.78 is 41.3. The molecule has 6 fully saturated rings. The maximum atomic E-state index is 13.1. The maximum Gasteiger partial charge on any atom is 0.403 e. The molecule has 1 N–H and O–H groups in total. The standard InChI is InChI=1S/C23H29F3N6O2/c24-23(25,26)22(3-4-22)18(33)28-15-5-20(6-15)9-30(10-20)19(34)31-11-21(12-31)7-16(8-21)32-13-27-17(29-32)14-1-2-14/h13-16H,1-12H2,(H,28,33). The second-order valence-electron chi connectivity index (χ2n) is 12.1. The number of hydrogen-bond donors (Lipinski definition) is 1. The van der Waals surface area contributed by atoms with Crippen molar-refractivity contribution in [2.75, 3.05) is 26.2 Å². The molecule has 1 aromatic heterocycles. The second kappa shape index (κ2) is 6.46. The number of carbonyl (C=O) groups excluding carboxylic acids is 2. The molecule has 2 spiro atoms. The van der Waals surface area contributed by atoms with Crippen LogP contribution in [0.1, 0.15) is 69.2 Å². The summed E-state index contributed by atoms with van der Waals surface area (Å²) in [5.41, 5.74) is -1.96. The number of likely N-dealkylation sites (tertiary alicyclic amines) is 2. The number of rotatable bonds is 4. The van der Waals surface area contributed by atoms with E-state index in [0.717, 1.165) is 31.8 Å². The fourth-order valence-electron chi connectivity index (χ4n) is 6.81. The zero-order valence-corrected chi connectivity index (χ0v) is 19.0. The van der Waals surface area contributed by atoms with E-state index in [1.165, 1.54) is 12.8 Å². The molecule has 0 radical (unpaired) electrons. The number of amides is 3. The first kappa shape index (κ1) is 21.0. The van der Waals surface area contributed by atoms with Gasteiger partial charge >= 0.3 is 12.2 Å². The summed E-state index contributed by atoms with van der Waals surface area (Å²) in [4.78, 5) is 33.2. The van der Waals surface area contributed by atoms with Gasteiger partial charge in [-0.15, -0.1) is 0 Å². The minimum absolute atomic E-state index is 0.0287. The number of aromatic nitrogens is 3. The molecule has 0 aromatic carbocycles. The summed E-state index contributed by atoms with van der Waals surface area (Å²) in [6.07, 6.45) is 2.94. The normalized spacial score (nSPS) is 28.7. The van der Waals surface area contributed by atoms with Crippen molar-refractivity contribution in [3.63, 3.8) is 0 Å². The first-order valence-electron chi connectivity index (χ1n) is 12.4. The van der Waals surface area contributed by atoms with Crippen LogP contribution in [-0.2, 0) is 4.79 Å². The van der Waals surface area contributed by atoms with Crippen LogP contribution in [0.5, 0.6) is 0 Å². The highest BCUT2D eigenvalue weighted by Crippen LogP contribution is 2.59. The zero-order valence-electron chi connectivity index (χ0n) is 19.0. The topological polar surface area (TPSA) is 83.4 Å². The van der Waals surface area contributed by atoms with Crippen molar-refractivity contribution >= 4 is 11.9 Å². The Morgan fingerprint density at radius 3 is 2.09 bits per heavy atom. The predicted octanol–water partition coefficient (Wildman–Crippen LogP) is 2.84. The number of carbonyl (C=O) groups is 2. The van der Waals surface area contributed by atoms with E-state index in [1.807, 2.05) is 20.8 Å². The molecular weight excluding hydrogens is 449 g/mol. The van der Waals surface area contributed by atoms with Gasteiger partial charge in [-0.3, -0.25) is 4.79 Å². The Morgan fingerprint density at radius 2 is 1.56 bits per heavy atom. The van der Waals surface area contributed by atoms with Gasteiger partial charge in [-0.1, -0.05) is 0 Å². The van der Waals surface area contributed by atoms with Crippen molar-refractivity contribution in [3.05, 3.63) is 12.2 Å². The minimum Gasteiger partial charge on any atom is -0.353 e. The lowest BCUT2D eigenvalue weighted by molar-refractivity contribution is -0.193. The van der Waals surface area contributed by atoms with Crippen molar-refractivity contribution < 1.29 is 22.8 Å². The van der Waals surface area contributed by atoms with Crippen LogP contribution in [0.4, 0.5) is 18.0 Å². The number of urea groups is 1. The van der Waals surface area contributed by atoms with Gasteiger partial charge in [0.1, 0.15) is 11.7 Å². The molecule has 3 heterocycles. The number of nitrogens with zero attached hydrogens (tertiary/aromatic N) is 5. The molecule has 0 atom stereocenters. The molecule has 3 amide bonds. The summed E-state index contributed by atoms with van der Waals surface area (Å²) in [5, 5.41) is 7.25. The summed E-state index contributed by atoms with van der Waals surface area (Å²) in [7, 11) is 0. The van der Waals surface area contributed by atoms with E-state index in [9.17, 15) is 22.8 Å². The Morgan fingerprint density at radius 1 is 0.971 bits per heavy atom. The lowest BCUT2D eigenvalue weighted by Gasteiger charge is -2.63. The Hall–Kier alpha value is -2.33. The Labute approximate surface area is 195 Å². The van der Waals surface area contributed by atoms with E-state index in [4.69, 9.17) is 0 Å². The summed E-state index contributed by atoms with van der Waals surface area (Å²) in [5.74, 6) is 0.665. The van der Waals surface area contributed by atoms with Crippen LogP contribution in [0.25, 0.3) is 0 Å². The number of hydrogen-bond acceptors (Lipinski definition) is 4. The molecule has 4 aliphatic carbocycles. The molecule has 8 nitrogen and oxygen atoms in total. The molecular formula is C23H29F3N6O2. The molecule has 2 aliphatic heterocycles. The Bertz CT molecular complexity index is 1030. The van der Waals surface area contributed by atoms with Crippen LogP contribution in [-0.4, -0.2) is 74.9 Å². The third-order valence-corrected chi connectivity index (χ3v) is 9.25. The number of alkyl halides is 3. The van der Waals surface area contributed by atoms with Gasteiger partial charge in [0.15, 0.2) is 5.82 Å². The summed E-state index contributed by atoms with van der Waals surface area (Å²) in [6, 6.07) is 0.248. The molecule has 7 rings (SSSR count). The fourth-order valence-corrected chi connectivity index (χ4v) is 6.81. The van der Waals surface area contributed by atoms with Crippen molar-refractivity contribution in [1.82, 2.24) is 29.9 Å². The highest BCUT2D eigenvalue weighted by atomic mass is 19.4. The SMILES string of the molecule is O=C(N1CC2(CC(NC(=O)C3(C(F)(F)F)CC3)C2)C1)N1CC2(CC(n3cnc(C4CC4)n3)C2)C1. The highest BCUT2D eigenvalue weighted by Gasteiger charge is 2.69. The average Bonchev–Trinajstić information content (AvgIpc) is 3.57. The van der Waals surface area contributed by atoms with Gasteiger partial charge in [0.2, 0.25) is 5.91 Å². The molecule has 34 heavy (non-hydrogen) atoms. The average molecular weight is 479 g/mol. The van der Waals surface area contributed by atoms with Gasteiger partial charge in [0.05, 0.1) is 6.04 Å².